The highest BCUT2D eigenvalue weighted by atomic mass is 16.3. The molecule has 0 atom stereocenters. The molecule has 164 valence electrons. The van der Waals surface area contributed by atoms with Gasteiger partial charge in [-0.3, -0.25) is 4.79 Å². The van der Waals surface area contributed by atoms with Crippen LogP contribution in [0.3, 0.4) is 0 Å². The van der Waals surface area contributed by atoms with Crippen molar-refractivity contribution in [2.24, 2.45) is 0 Å². The van der Waals surface area contributed by atoms with E-state index in [-0.39, 0.29) is 17.3 Å². The first-order valence-electron chi connectivity index (χ1n) is 10.6. The summed E-state index contributed by atoms with van der Waals surface area (Å²) >= 11 is 0. The number of hydrogen-bond acceptors (Lipinski definition) is 5. The summed E-state index contributed by atoms with van der Waals surface area (Å²) in [5.74, 6) is 0.621. The molecule has 1 aliphatic carbocycles. The Balaban J connectivity index is 1.86. The van der Waals surface area contributed by atoms with E-state index in [4.69, 9.17) is 0 Å². The lowest BCUT2D eigenvalue weighted by Crippen LogP contribution is -2.13. The molecular formula is C26H32N2O3. The maximum absolute atomic E-state index is 13.1. The van der Waals surface area contributed by atoms with Gasteiger partial charge in [0.1, 0.15) is 11.5 Å². The molecule has 1 aliphatic rings. The van der Waals surface area contributed by atoms with Gasteiger partial charge in [0.05, 0.1) is 0 Å². The molecule has 0 amide bonds. The fourth-order valence-electron chi connectivity index (χ4n) is 3.91. The van der Waals surface area contributed by atoms with Gasteiger partial charge in [0.25, 0.3) is 0 Å². The van der Waals surface area contributed by atoms with Gasteiger partial charge in [0, 0.05) is 35.4 Å². The van der Waals surface area contributed by atoms with Crippen molar-refractivity contribution in [3.8, 4) is 11.5 Å². The topological polar surface area (TPSA) is 64.0 Å². The monoisotopic (exact) mass is 420 g/mol. The number of ketones is 1. The number of carbonyl (C=O) groups is 1. The average molecular weight is 421 g/mol. The number of hydrogen-bond donors (Lipinski definition) is 2. The predicted octanol–water partition coefficient (Wildman–Crippen LogP) is 4.44. The molecule has 1 fully saturated rings. The van der Waals surface area contributed by atoms with Crippen LogP contribution in [0.25, 0.3) is 12.2 Å². The first-order chi connectivity index (χ1) is 14.7. The van der Waals surface area contributed by atoms with Crippen molar-refractivity contribution in [1.82, 2.24) is 9.80 Å². The van der Waals surface area contributed by atoms with Crippen LogP contribution in [0.15, 0.2) is 47.5 Å². The summed E-state index contributed by atoms with van der Waals surface area (Å²) in [6.07, 6.45) is 6.32. The molecule has 3 rings (SSSR count). The summed E-state index contributed by atoms with van der Waals surface area (Å²) in [7, 11) is 7.83. The Morgan fingerprint density at radius 1 is 0.774 bits per heavy atom. The molecule has 0 unspecified atom stereocenters. The van der Waals surface area contributed by atoms with Crippen molar-refractivity contribution < 1.29 is 15.0 Å². The third kappa shape index (κ3) is 6.06. The van der Waals surface area contributed by atoms with E-state index in [0.29, 0.717) is 13.1 Å². The van der Waals surface area contributed by atoms with Gasteiger partial charge in [-0.25, -0.2) is 0 Å². The second-order valence-corrected chi connectivity index (χ2v) is 8.77. The summed E-state index contributed by atoms with van der Waals surface area (Å²) in [6, 6.07) is 11.0. The molecule has 0 heterocycles. The summed E-state index contributed by atoms with van der Waals surface area (Å²) < 4.78 is 0. The van der Waals surface area contributed by atoms with Gasteiger partial charge < -0.3 is 20.0 Å². The molecule has 2 N–H and O–H groups in total. The van der Waals surface area contributed by atoms with Crippen LogP contribution in [0, 0.1) is 0 Å². The van der Waals surface area contributed by atoms with E-state index in [2.05, 4.69) is 0 Å². The highest BCUT2D eigenvalue weighted by Gasteiger charge is 2.21. The van der Waals surface area contributed by atoms with Crippen LogP contribution >= 0.6 is 0 Å². The van der Waals surface area contributed by atoms with Crippen LogP contribution in [0.1, 0.15) is 41.5 Å². The Kier molecular flexibility index (Phi) is 7.31. The van der Waals surface area contributed by atoms with Crippen molar-refractivity contribution in [2.75, 3.05) is 28.2 Å². The van der Waals surface area contributed by atoms with Gasteiger partial charge in [-0.2, -0.15) is 0 Å². The average Bonchev–Trinajstić information content (AvgIpc) is 2.69. The molecule has 2 aromatic rings. The molecule has 0 saturated heterocycles. The number of nitrogens with zero attached hydrogens (tertiary/aromatic N) is 2. The predicted molar refractivity (Wildman–Crippen MR) is 126 cm³/mol. The molecule has 5 nitrogen and oxygen atoms in total. The van der Waals surface area contributed by atoms with Gasteiger partial charge >= 0.3 is 0 Å². The van der Waals surface area contributed by atoms with Gasteiger partial charge in [0.2, 0.25) is 0 Å². The standard InChI is InChI=1S/C26H32N2O3/c1-27(2)16-22-14-18(8-10-24(22)29)12-20-6-5-7-21(26(20)31)13-19-9-11-25(30)23(15-19)17-28(3)4/h8-15,29-30H,5-7,16-17H2,1-4H3/b20-12+,21-13+. The van der Waals surface area contributed by atoms with Crippen molar-refractivity contribution in [1.29, 1.82) is 0 Å². The number of phenols is 2. The number of carbonyl (C=O) groups excluding carboxylic acids is 1. The Hall–Kier alpha value is -2.89. The Labute approximate surface area is 184 Å². The molecular weight excluding hydrogens is 388 g/mol. The van der Waals surface area contributed by atoms with Gasteiger partial charge in [-0.05, 0) is 95.0 Å². The molecule has 0 aromatic heterocycles. The number of aromatic hydroxyl groups is 2. The molecule has 2 aromatic carbocycles. The summed E-state index contributed by atoms with van der Waals surface area (Å²) in [6.45, 7) is 1.27. The van der Waals surface area contributed by atoms with E-state index in [0.717, 1.165) is 52.7 Å². The van der Waals surface area contributed by atoms with E-state index in [1.54, 1.807) is 12.1 Å². The third-order valence-electron chi connectivity index (χ3n) is 5.34. The normalized spacial score (nSPS) is 17.3. The van der Waals surface area contributed by atoms with Crippen molar-refractivity contribution in [3.05, 3.63) is 69.8 Å². The Morgan fingerprint density at radius 2 is 1.19 bits per heavy atom. The van der Waals surface area contributed by atoms with E-state index in [9.17, 15) is 15.0 Å². The lowest BCUT2D eigenvalue weighted by atomic mass is 9.86. The van der Waals surface area contributed by atoms with E-state index < -0.39 is 0 Å². The fourth-order valence-corrected chi connectivity index (χ4v) is 3.91. The van der Waals surface area contributed by atoms with E-state index in [1.165, 1.54) is 0 Å². The minimum absolute atomic E-state index is 0.0794. The maximum atomic E-state index is 13.1. The fraction of sp³-hybridized carbons (Fsp3) is 0.346. The lowest BCUT2D eigenvalue weighted by molar-refractivity contribution is -0.112. The second kappa shape index (κ2) is 9.94. The number of Topliss-reactive ketones (excluding diaryl/α,β-unsaturated/α-hetero) is 1. The van der Waals surface area contributed by atoms with E-state index >= 15 is 0 Å². The molecule has 5 heteroatoms. The molecule has 0 aliphatic heterocycles. The molecule has 1 saturated carbocycles. The van der Waals surface area contributed by atoms with Crippen molar-refractivity contribution in [3.63, 3.8) is 0 Å². The van der Waals surface area contributed by atoms with Crippen molar-refractivity contribution in [2.45, 2.75) is 32.4 Å². The second-order valence-electron chi connectivity index (χ2n) is 8.77. The maximum Gasteiger partial charge on any atom is 0.185 e. The van der Waals surface area contributed by atoms with E-state index in [1.807, 2.05) is 74.4 Å². The zero-order valence-corrected chi connectivity index (χ0v) is 18.9. The first kappa shape index (κ1) is 22.8. The smallest absolute Gasteiger partial charge is 0.185 e. The highest BCUT2D eigenvalue weighted by molar-refractivity contribution is 6.14. The molecule has 0 spiro atoms. The van der Waals surface area contributed by atoms with Crippen LogP contribution in [0.5, 0.6) is 11.5 Å². The van der Waals surface area contributed by atoms with Crippen molar-refractivity contribution >= 4 is 17.9 Å². The zero-order valence-electron chi connectivity index (χ0n) is 18.9. The SMILES string of the molecule is CN(C)Cc1cc(/C=C2\CCC/C(=C\c3ccc(O)c(CN(C)C)c3)C2=O)ccc1O. The molecule has 0 bridgehead atoms. The van der Waals surface area contributed by atoms with Crippen LogP contribution in [-0.4, -0.2) is 54.0 Å². The Morgan fingerprint density at radius 3 is 1.58 bits per heavy atom. The summed E-state index contributed by atoms with van der Waals surface area (Å²) in [5, 5.41) is 20.2. The highest BCUT2D eigenvalue weighted by Crippen LogP contribution is 2.30. The minimum atomic E-state index is 0.0794. The largest absolute Gasteiger partial charge is 0.508 e. The van der Waals surface area contributed by atoms with Crippen LogP contribution in [-0.2, 0) is 17.9 Å². The third-order valence-corrected chi connectivity index (χ3v) is 5.34. The minimum Gasteiger partial charge on any atom is -0.508 e. The van der Waals surface area contributed by atoms with Crippen LogP contribution in [0.2, 0.25) is 0 Å². The van der Waals surface area contributed by atoms with Crippen LogP contribution < -0.4 is 0 Å². The number of allylic oxidation sites excluding steroid dienone is 2. The zero-order chi connectivity index (χ0) is 22.5. The molecule has 31 heavy (non-hydrogen) atoms. The lowest BCUT2D eigenvalue weighted by Gasteiger charge is -2.18. The summed E-state index contributed by atoms with van der Waals surface area (Å²) in [4.78, 5) is 17.1. The number of benzene rings is 2. The quantitative estimate of drug-likeness (QED) is 0.677. The first-order valence-corrected chi connectivity index (χ1v) is 10.6. The molecule has 0 radical (unpaired) electrons. The number of phenolic OH excluding ortho intramolecular Hbond substituents is 2. The number of rotatable bonds is 6. The van der Waals surface area contributed by atoms with Crippen LogP contribution in [0.4, 0.5) is 0 Å². The summed E-state index contributed by atoms with van der Waals surface area (Å²) in [5.41, 5.74) is 5.14. The van der Waals surface area contributed by atoms with Gasteiger partial charge in [-0.15, -0.1) is 0 Å². The van der Waals surface area contributed by atoms with Gasteiger partial charge in [-0.1, -0.05) is 12.1 Å². The Bertz CT molecular complexity index is 940. The van der Waals surface area contributed by atoms with Gasteiger partial charge in [0.15, 0.2) is 5.78 Å².